The fourth-order valence-electron chi connectivity index (χ4n) is 4.30. The second-order valence-electron chi connectivity index (χ2n) is 7.18. The fourth-order valence-corrected chi connectivity index (χ4v) is 4.30. The Morgan fingerprint density at radius 1 is 1.42 bits per heavy atom. The predicted molar refractivity (Wildman–Crippen MR) is 91.4 cm³/mol. The molecule has 0 aliphatic carbocycles. The Morgan fingerprint density at radius 2 is 2.33 bits per heavy atom. The zero-order valence-electron chi connectivity index (χ0n) is 14.2. The molecule has 3 aliphatic rings. The van der Waals surface area contributed by atoms with Crippen molar-refractivity contribution in [3.63, 3.8) is 0 Å². The van der Waals surface area contributed by atoms with Crippen molar-refractivity contribution in [1.82, 2.24) is 4.90 Å². The maximum atomic E-state index is 9.93. The van der Waals surface area contributed by atoms with Crippen molar-refractivity contribution in [2.75, 3.05) is 53.2 Å². The van der Waals surface area contributed by atoms with Gasteiger partial charge in [0.05, 0.1) is 20.3 Å². The smallest absolute Gasteiger partial charge is 0.168 e. The van der Waals surface area contributed by atoms with Crippen LogP contribution < -0.4 is 9.47 Å². The van der Waals surface area contributed by atoms with Crippen molar-refractivity contribution in [3.05, 3.63) is 29.3 Å². The van der Waals surface area contributed by atoms with Gasteiger partial charge in [0, 0.05) is 43.1 Å². The van der Waals surface area contributed by atoms with Crippen molar-refractivity contribution in [2.45, 2.75) is 6.42 Å². The van der Waals surface area contributed by atoms with Crippen LogP contribution in [0.4, 0.5) is 0 Å². The summed E-state index contributed by atoms with van der Waals surface area (Å²) in [4.78, 5) is 2.44. The van der Waals surface area contributed by atoms with Crippen LogP contribution >= 0.6 is 0 Å². The molecule has 1 aromatic rings. The van der Waals surface area contributed by atoms with Gasteiger partial charge in [-0.25, -0.2) is 0 Å². The molecule has 5 heteroatoms. The number of aliphatic hydroxyl groups excluding tert-OH is 1. The zero-order chi connectivity index (χ0) is 16.6. The summed E-state index contributed by atoms with van der Waals surface area (Å²) in [6, 6.07) is 5.97. The maximum absolute atomic E-state index is 9.93. The number of fused-ring (bicyclic) bond motifs is 2. The molecule has 1 aromatic carbocycles. The summed E-state index contributed by atoms with van der Waals surface area (Å²) >= 11 is 0. The highest BCUT2D eigenvalue weighted by molar-refractivity contribution is 5.66. The maximum Gasteiger partial charge on any atom is 0.168 e. The fraction of sp³-hybridized carbons (Fsp3) is 0.579. The van der Waals surface area contributed by atoms with Crippen LogP contribution in [0.25, 0.3) is 6.08 Å². The van der Waals surface area contributed by atoms with E-state index in [1.165, 1.54) is 5.57 Å². The van der Waals surface area contributed by atoms with Gasteiger partial charge in [-0.1, -0.05) is 12.1 Å². The van der Waals surface area contributed by atoms with E-state index in [1.807, 2.05) is 12.1 Å². The lowest BCUT2D eigenvalue weighted by Gasteiger charge is -2.36. The standard InChI is InChI=1S/C19H25NO4/c1-22-17-4-2-3-15-7-14(10-24-18(15)17)8-20-9-16-11-23-6-5-19(16,12-20)13-21/h2-4,7,16,21H,5-6,8-13H2,1H3/t16-,19-/m1/s1. The summed E-state index contributed by atoms with van der Waals surface area (Å²) < 4.78 is 16.9. The number of hydrogen-bond acceptors (Lipinski definition) is 5. The van der Waals surface area contributed by atoms with Crippen LogP contribution in [-0.2, 0) is 4.74 Å². The van der Waals surface area contributed by atoms with Crippen LogP contribution in [0, 0.1) is 11.3 Å². The lowest BCUT2D eigenvalue weighted by molar-refractivity contribution is -0.0416. The predicted octanol–water partition coefficient (Wildman–Crippen LogP) is 1.80. The summed E-state index contributed by atoms with van der Waals surface area (Å²) in [7, 11) is 1.67. The SMILES string of the molecule is COc1cccc2c1OCC(CN1C[C@@H]3COCC[C@]3(CO)C1)=C2. The lowest BCUT2D eigenvalue weighted by Crippen LogP contribution is -2.41. The molecule has 0 bridgehead atoms. The van der Waals surface area contributed by atoms with E-state index in [0.29, 0.717) is 12.5 Å². The molecule has 3 heterocycles. The summed E-state index contributed by atoms with van der Waals surface area (Å²) in [5.41, 5.74) is 2.37. The van der Waals surface area contributed by atoms with Crippen molar-refractivity contribution >= 4 is 6.08 Å². The van der Waals surface area contributed by atoms with E-state index in [2.05, 4.69) is 17.0 Å². The minimum absolute atomic E-state index is 0.0233. The van der Waals surface area contributed by atoms with Crippen LogP contribution in [0.15, 0.2) is 23.8 Å². The monoisotopic (exact) mass is 331 g/mol. The Morgan fingerprint density at radius 3 is 3.12 bits per heavy atom. The Hall–Kier alpha value is -1.56. The third-order valence-corrected chi connectivity index (χ3v) is 5.68. The van der Waals surface area contributed by atoms with Gasteiger partial charge in [-0.3, -0.25) is 4.90 Å². The van der Waals surface area contributed by atoms with E-state index >= 15 is 0 Å². The molecule has 0 amide bonds. The molecule has 5 nitrogen and oxygen atoms in total. The van der Waals surface area contributed by atoms with Gasteiger partial charge >= 0.3 is 0 Å². The summed E-state index contributed by atoms with van der Waals surface area (Å²) in [6.07, 6.45) is 3.17. The first-order valence-corrected chi connectivity index (χ1v) is 8.64. The number of methoxy groups -OCH3 is 1. The van der Waals surface area contributed by atoms with Crippen molar-refractivity contribution < 1.29 is 19.3 Å². The Balaban J connectivity index is 1.49. The van der Waals surface area contributed by atoms with Gasteiger partial charge in [-0.2, -0.15) is 0 Å². The topological polar surface area (TPSA) is 51.2 Å². The number of rotatable bonds is 4. The van der Waals surface area contributed by atoms with Crippen molar-refractivity contribution in [1.29, 1.82) is 0 Å². The minimum Gasteiger partial charge on any atom is -0.493 e. The largest absolute Gasteiger partial charge is 0.493 e. The highest BCUT2D eigenvalue weighted by atomic mass is 16.5. The van der Waals surface area contributed by atoms with E-state index in [1.54, 1.807) is 7.11 Å². The Labute approximate surface area is 142 Å². The second kappa shape index (κ2) is 6.39. The van der Waals surface area contributed by atoms with Gasteiger partial charge in [0.1, 0.15) is 6.61 Å². The summed E-state index contributed by atoms with van der Waals surface area (Å²) in [5.74, 6) is 2.05. The lowest BCUT2D eigenvalue weighted by atomic mass is 9.75. The highest BCUT2D eigenvalue weighted by Gasteiger charge is 2.47. The van der Waals surface area contributed by atoms with Crippen molar-refractivity contribution in [2.24, 2.45) is 11.3 Å². The average molecular weight is 331 g/mol. The highest BCUT2D eigenvalue weighted by Crippen LogP contribution is 2.42. The molecule has 130 valence electrons. The van der Waals surface area contributed by atoms with E-state index in [-0.39, 0.29) is 12.0 Å². The number of nitrogens with zero attached hydrogens (tertiary/aromatic N) is 1. The molecule has 2 atom stereocenters. The van der Waals surface area contributed by atoms with E-state index < -0.39 is 0 Å². The number of ether oxygens (including phenoxy) is 3. The molecule has 2 fully saturated rings. The van der Waals surface area contributed by atoms with E-state index in [9.17, 15) is 5.11 Å². The van der Waals surface area contributed by atoms with Crippen LogP contribution in [-0.4, -0.2) is 63.2 Å². The first-order valence-electron chi connectivity index (χ1n) is 8.64. The van der Waals surface area contributed by atoms with Gasteiger partial charge < -0.3 is 19.3 Å². The molecular formula is C19H25NO4. The quantitative estimate of drug-likeness (QED) is 0.912. The van der Waals surface area contributed by atoms with Gasteiger partial charge in [-0.15, -0.1) is 0 Å². The number of para-hydroxylation sites is 1. The van der Waals surface area contributed by atoms with Crippen LogP contribution in [0.5, 0.6) is 11.5 Å². The van der Waals surface area contributed by atoms with Crippen molar-refractivity contribution in [3.8, 4) is 11.5 Å². The Kier molecular flexibility index (Phi) is 4.24. The van der Waals surface area contributed by atoms with Gasteiger partial charge in [-0.05, 0) is 24.1 Å². The molecule has 4 rings (SSSR count). The molecular weight excluding hydrogens is 306 g/mol. The van der Waals surface area contributed by atoms with E-state index in [0.717, 1.165) is 56.3 Å². The molecule has 0 spiro atoms. The van der Waals surface area contributed by atoms with E-state index in [4.69, 9.17) is 14.2 Å². The minimum atomic E-state index is 0.0233. The number of aliphatic hydroxyl groups is 1. The first-order chi connectivity index (χ1) is 11.7. The molecule has 3 aliphatic heterocycles. The molecule has 0 aromatic heterocycles. The summed E-state index contributed by atoms with van der Waals surface area (Å²) in [6.45, 7) is 5.21. The molecule has 0 radical (unpaired) electrons. The normalized spacial score (nSPS) is 29.4. The number of benzene rings is 1. The average Bonchev–Trinajstić information content (AvgIpc) is 2.99. The van der Waals surface area contributed by atoms with Gasteiger partial charge in [0.25, 0.3) is 0 Å². The third kappa shape index (κ3) is 2.70. The summed E-state index contributed by atoms with van der Waals surface area (Å²) in [5, 5.41) is 9.93. The molecule has 2 saturated heterocycles. The van der Waals surface area contributed by atoms with Gasteiger partial charge in [0.2, 0.25) is 0 Å². The second-order valence-corrected chi connectivity index (χ2v) is 7.18. The Bertz CT molecular complexity index is 644. The first kappa shape index (κ1) is 15.9. The van der Waals surface area contributed by atoms with Crippen LogP contribution in [0.3, 0.4) is 0 Å². The van der Waals surface area contributed by atoms with Gasteiger partial charge in [0.15, 0.2) is 11.5 Å². The van der Waals surface area contributed by atoms with Crippen LogP contribution in [0.2, 0.25) is 0 Å². The third-order valence-electron chi connectivity index (χ3n) is 5.68. The molecule has 0 saturated carbocycles. The van der Waals surface area contributed by atoms with Crippen LogP contribution in [0.1, 0.15) is 12.0 Å². The number of likely N-dealkylation sites (tertiary alicyclic amines) is 1. The molecule has 0 unspecified atom stereocenters. The molecule has 24 heavy (non-hydrogen) atoms. The number of hydrogen-bond donors (Lipinski definition) is 1. The zero-order valence-corrected chi connectivity index (χ0v) is 14.2. The molecule has 1 N–H and O–H groups in total.